The minimum absolute atomic E-state index is 0.136. The van der Waals surface area contributed by atoms with Gasteiger partial charge in [0.05, 0.1) is 6.42 Å². The molecule has 0 aliphatic carbocycles. The summed E-state index contributed by atoms with van der Waals surface area (Å²) in [5, 5.41) is 2.99. The fraction of sp³-hybridized carbons (Fsp3) is 0.588. The molecule has 1 rings (SSSR count). The van der Waals surface area contributed by atoms with Crippen LogP contribution in [0.2, 0.25) is 0 Å². The van der Waals surface area contributed by atoms with Crippen LogP contribution in [0.15, 0.2) is 30.3 Å². The average molecular weight is 261 g/mol. The van der Waals surface area contributed by atoms with E-state index in [0.29, 0.717) is 6.42 Å². The van der Waals surface area contributed by atoms with Crippen LogP contribution in [0, 0.1) is 0 Å². The van der Waals surface area contributed by atoms with Gasteiger partial charge in [0.15, 0.2) is 0 Å². The second kappa shape index (κ2) is 10.6. The van der Waals surface area contributed by atoms with E-state index in [1.165, 1.54) is 38.5 Å². The van der Waals surface area contributed by atoms with E-state index in [0.717, 1.165) is 18.5 Å². The van der Waals surface area contributed by atoms with E-state index in [1.54, 1.807) is 0 Å². The van der Waals surface area contributed by atoms with Crippen molar-refractivity contribution < 1.29 is 4.79 Å². The number of amides is 1. The SMILES string of the molecule is CCCCCCCCCNC(=O)Cc1ccccc1. The first-order valence-electron chi connectivity index (χ1n) is 7.63. The Kier molecular flexibility index (Phi) is 8.78. The maximum atomic E-state index is 11.7. The molecule has 0 saturated heterocycles. The highest BCUT2D eigenvalue weighted by atomic mass is 16.1. The van der Waals surface area contributed by atoms with E-state index >= 15 is 0 Å². The van der Waals surface area contributed by atoms with Crippen LogP contribution < -0.4 is 5.32 Å². The van der Waals surface area contributed by atoms with Gasteiger partial charge < -0.3 is 5.32 Å². The zero-order valence-corrected chi connectivity index (χ0v) is 12.2. The Bertz CT molecular complexity index is 334. The largest absolute Gasteiger partial charge is 0.356 e. The maximum absolute atomic E-state index is 11.7. The Morgan fingerprint density at radius 3 is 2.26 bits per heavy atom. The van der Waals surface area contributed by atoms with Crippen LogP contribution in [0.1, 0.15) is 57.4 Å². The lowest BCUT2D eigenvalue weighted by atomic mass is 10.1. The molecule has 0 aliphatic heterocycles. The molecule has 106 valence electrons. The van der Waals surface area contributed by atoms with Gasteiger partial charge in [0.25, 0.3) is 0 Å². The fourth-order valence-electron chi connectivity index (χ4n) is 2.15. The van der Waals surface area contributed by atoms with Gasteiger partial charge in [0, 0.05) is 6.54 Å². The second-order valence-corrected chi connectivity index (χ2v) is 5.13. The van der Waals surface area contributed by atoms with Gasteiger partial charge in [0.2, 0.25) is 5.91 Å². The van der Waals surface area contributed by atoms with Gasteiger partial charge >= 0.3 is 0 Å². The molecule has 0 atom stereocenters. The number of hydrogen-bond acceptors (Lipinski definition) is 1. The Balaban J connectivity index is 1.96. The molecule has 0 unspecified atom stereocenters. The summed E-state index contributed by atoms with van der Waals surface area (Å²) in [6, 6.07) is 9.90. The van der Waals surface area contributed by atoms with Crippen LogP contribution in [0.5, 0.6) is 0 Å². The molecular weight excluding hydrogens is 234 g/mol. The molecule has 1 aromatic rings. The molecule has 0 bridgehead atoms. The van der Waals surface area contributed by atoms with Crippen LogP contribution in [0.3, 0.4) is 0 Å². The lowest BCUT2D eigenvalue weighted by Gasteiger charge is -2.05. The van der Waals surface area contributed by atoms with Gasteiger partial charge in [-0.1, -0.05) is 75.8 Å². The predicted molar refractivity (Wildman–Crippen MR) is 81.1 cm³/mol. The smallest absolute Gasteiger partial charge is 0.224 e. The molecule has 0 fully saturated rings. The van der Waals surface area contributed by atoms with Gasteiger partial charge in [0.1, 0.15) is 0 Å². The molecule has 0 aliphatic rings. The Morgan fingerprint density at radius 2 is 1.58 bits per heavy atom. The maximum Gasteiger partial charge on any atom is 0.224 e. The molecule has 0 heterocycles. The first-order chi connectivity index (χ1) is 9.33. The summed E-state index contributed by atoms with van der Waals surface area (Å²) in [4.78, 5) is 11.7. The number of rotatable bonds is 10. The zero-order valence-electron chi connectivity index (χ0n) is 12.2. The van der Waals surface area contributed by atoms with Crippen molar-refractivity contribution in [3.05, 3.63) is 35.9 Å². The number of carbonyl (C=O) groups is 1. The first-order valence-corrected chi connectivity index (χ1v) is 7.63. The van der Waals surface area contributed by atoms with Crippen LogP contribution in [0.25, 0.3) is 0 Å². The highest BCUT2D eigenvalue weighted by molar-refractivity contribution is 5.78. The second-order valence-electron chi connectivity index (χ2n) is 5.13. The Hall–Kier alpha value is -1.31. The summed E-state index contributed by atoms with van der Waals surface area (Å²) in [6.07, 6.45) is 9.49. The van der Waals surface area contributed by atoms with E-state index in [1.807, 2.05) is 30.3 Å². The van der Waals surface area contributed by atoms with E-state index < -0.39 is 0 Å². The van der Waals surface area contributed by atoms with Crippen molar-refractivity contribution in [1.29, 1.82) is 0 Å². The van der Waals surface area contributed by atoms with Crippen molar-refractivity contribution in [2.24, 2.45) is 0 Å². The number of hydrogen-bond donors (Lipinski definition) is 1. The number of nitrogens with one attached hydrogen (secondary N) is 1. The highest BCUT2D eigenvalue weighted by Gasteiger charge is 2.01. The third kappa shape index (κ3) is 8.41. The Morgan fingerprint density at radius 1 is 0.947 bits per heavy atom. The lowest BCUT2D eigenvalue weighted by Crippen LogP contribution is -2.26. The fourth-order valence-corrected chi connectivity index (χ4v) is 2.15. The molecule has 0 spiro atoms. The number of benzene rings is 1. The van der Waals surface area contributed by atoms with E-state index in [2.05, 4.69) is 12.2 Å². The van der Waals surface area contributed by atoms with Gasteiger partial charge in [-0.15, -0.1) is 0 Å². The van der Waals surface area contributed by atoms with Gasteiger partial charge in [-0.2, -0.15) is 0 Å². The van der Waals surface area contributed by atoms with Crippen molar-refractivity contribution in [3.8, 4) is 0 Å². The van der Waals surface area contributed by atoms with Crippen LogP contribution in [0.4, 0.5) is 0 Å². The Labute approximate surface area is 117 Å². The molecule has 19 heavy (non-hydrogen) atoms. The summed E-state index contributed by atoms with van der Waals surface area (Å²) >= 11 is 0. The summed E-state index contributed by atoms with van der Waals surface area (Å²) in [7, 11) is 0. The van der Waals surface area contributed by atoms with E-state index in [4.69, 9.17) is 0 Å². The standard InChI is InChI=1S/C17H27NO/c1-2-3-4-5-6-7-11-14-18-17(19)15-16-12-9-8-10-13-16/h8-10,12-13H,2-7,11,14-15H2,1H3,(H,18,19). The third-order valence-electron chi connectivity index (χ3n) is 3.31. The number of carbonyl (C=O) groups excluding carboxylic acids is 1. The molecule has 0 saturated carbocycles. The van der Waals surface area contributed by atoms with Crippen molar-refractivity contribution in [2.45, 2.75) is 58.3 Å². The minimum Gasteiger partial charge on any atom is -0.356 e. The minimum atomic E-state index is 0.136. The summed E-state index contributed by atoms with van der Waals surface area (Å²) in [5.74, 6) is 0.136. The van der Waals surface area contributed by atoms with Crippen LogP contribution in [-0.4, -0.2) is 12.5 Å². The van der Waals surface area contributed by atoms with Crippen molar-refractivity contribution in [3.63, 3.8) is 0 Å². The van der Waals surface area contributed by atoms with Crippen molar-refractivity contribution in [2.75, 3.05) is 6.54 Å². The topological polar surface area (TPSA) is 29.1 Å². The summed E-state index contributed by atoms with van der Waals surface area (Å²) < 4.78 is 0. The third-order valence-corrected chi connectivity index (χ3v) is 3.31. The van der Waals surface area contributed by atoms with Crippen molar-refractivity contribution in [1.82, 2.24) is 5.32 Å². The zero-order chi connectivity index (χ0) is 13.8. The predicted octanol–water partition coefficient (Wildman–Crippen LogP) is 4.10. The van der Waals surface area contributed by atoms with E-state index in [-0.39, 0.29) is 5.91 Å². The molecule has 2 nitrogen and oxygen atoms in total. The molecule has 0 radical (unpaired) electrons. The van der Waals surface area contributed by atoms with Gasteiger partial charge in [-0.3, -0.25) is 4.79 Å². The molecule has 1 amide bonds. The summed E-state index contributed by atoms with van der Waals surface area (Å²) in [5.41, 5.74) is 1.08. The molecule has 1 N–H and O–H groups in total. The molecule has 1 aromatic carbocycles. The van der Waals surface area contributed by atoms with Crippen LogP contribution in [-0.2, 0) is 11.2 Å². The molecular formula is C17H27NO. The average Bonchev–Trinajstić information content (AvgIpc) is 2.43. The van der Waals surface area contributed by atoms with Gasteiger partial charge in [-0.05, 0) is 12.0 Å². The first kappa shape index (κ1) is 15.7. The quantitative estimate of drug-likeness (QED) is 0.631. The van der Waals surface area contributed by atoms with E-state index in [9.17, 15) is 4.79 Å². The monoisotopic (exact) mass is 261 g/mol. The van der Waals surface area contributed by atoms with Crippen LogP contribution >= 0.6 is 0 Å². The molecule has 2 heteroatoms. The van der Waals surface area contributed by atoms with Gasteiger partial charge in [-0.25, -0.2) is 0 Å². The highest BCUT2D eigenvalue weighted by Crippen LogP contribution is 2.06. The summed E-state index contributed by atoms with van der Waals surface area (Å²) in [6.45, 7) is 3.06. The molecule has 0 aromatic heterocycles. The van der Waals surface area contributed by atoms with Crippen molar-refractivity contribution >= 4 is 5.91 Å². The number of unbranched alkanes of at least 4 members (excludes halogenated alkanes) is 6. The normalized spacial score (nSPS) is 10.4. The lowest BCUT2D eigenvalue weighted by molar-refractivity contribution is -0.120.